The molecule has 2 amide bonds. The summed E-state index contributed by atoms with van der Waals surface area (Å²) in [6.07, 6.45) is 5.37. The molecule has 11 heteroatoms. The molecule has 1 aliphatic rings. The van der Waals surface area contributed by atoms with Crippen molar-refractivity contribution in [1.29, 1.82) is 0 Å². The van der Waals surface area contributed by atoms with E-state index in [1.165, 1.54) is 9.21 Å². The van der Waals surface area contributed by atoms with Crippen LogP contribution in [-0.2, 0) is 26.2 Å². The van der Waals surface area contributed by atoms with Crippen LogP contribution < -0.4 is 9.62 Å². The monoisotopic (exact) mass is 601 g/mol. The SMILES string of the molecule is Cc1ccc(Cl)cc1N(CCCC(=O)N(Cc1c(Cl)cccc1Cl)[C@H](C)C(=O)NC1CCCC1)S(C)(=O)=O. The molecule has 0 radical (unpaired) electrons. The number of rotatable bonds is 11. The van der Waals surface area contributed by atoms with Gasteiger partial charge in [-0.1, -0.05) is 59.8 Å². The zero-order valence-electron chi connectivity index (χ0n) is 21.8. The van der Waals surface area contributed by atoms with Crippen LogP contribution in [-0.4, -0.2) is 50.0 Å². The fourth-order valence-electron chi connectivity index (χ4n) is 4.66. The van der Waals surface area contributed by atoms with Crippen LogP contribution in [0.25, 0.3) is 0 Å². The summed E-state index contributed by atoms with van der Waals surface area (Å²) in [5, 5.41) is 4.28. The molecule has 0 saturated heterocycles. The van der Waals surface area contributed by atoms with Gasteiger partial charge in [-0.05, 0) is 62.9 Å². The smallest absolute Gasteiger partial charge is 0.242 e. The van der Waals surface area contributed by atoms with Crippen molar-refractivity contribution >= 4 is 62.3 Å². The van der Waals surface area contributed by atoms with Crippen molar-refractivity contribution in [2.24, 2.45) is 0 Å². The maximum Gasteiger partial charge on any atom is 0.242 e. The molecule has 38 heavy (non-hydrogen) atoms. The Morgan fingerprint density at radius 1 is 1.08 bits per heavy atom. The predicted molar refractivity (Wildman–Crippen MR) is 154 cm³/mol. The largest absolute Gasteiger partial charge is 0.352 e. The molecule has 1 atom stereocenters. The Hall–Kier alpha value is -2.00. The summed E-state index contributed by atoms with van der Waals surface area (Å²) >= 11 is 18.9. The summed E-state index contributed by atoms with van der Waals surface area (Å²) in [7, 11) is -3.63. The first-order valence-electron chi connectivity index (χ1n) is 12.6. The first-order chi connectivity index (χ1) is 17.9. The number of anilines is 1. The number of benzene rings is 2. The summed E-state index contributed by atoms with van der Waals surface area (Å²) < 4.78 is 26.4. The highest BCUT2D eigenvalue weighted by Crippen LogP contribution is 2.29. The Bertz CT molecular complexity index is 1250. The molecule has 2 aromatic rings. The minimum Gasteiger partial charge on any atom is -0.352 e. The number of nitrogens with zero attached hydrogens (tertiary/aromatic N) is 2. The van der Waals surface area contributed by atoms with Gasteiger partial charge in [0.05, 0.1) is 11.9 Å². The number of carbonyl (C=O) groups is 2. The van der Waals surface area contributed by atoms with Crippen LogP contribution in [0, 0.1) is 6.92 Å². The van der Waals surface area contributed by atoms with E-state index in [9.17, 15) is 18.0 Å². The predicted octanol–water partition coefficient (Wildman–Crippen LogP) is 5.98. The van der Waals surface area contributed by atoms with Crippen LogP contribution in [0.2, 0.25) is 15.1 Å². The first kappa shape index (κ1) is 30.5. The lowest BCUT2D eigenvalue weighted by Crippen LogP contribution is -2.49. The number of aryl methyl sites for hydroxylation is 1. The van der Waals surface area contributed by atoms with Crippen LogP contribution >= 0.6 is 34.8 Å². The molecule has 1 saturated carbocycles. The van der Waals surface area contributed by atoms with Crippen LogP contribution in [0.1, 0.15) is 56.6 Å². The Balaban J connectivity index is 1.78. The maximum absolute atomic E-state index is 13.5. The average Bonchev–Trinajstić information content (AvgIpc) is 3.35. The van der Waals surface area contributed by atoms with Gasteiger partial charge in [0, 0.05) is 46.2 Å². The van der Waals surface area contributed by atoms with Crippen LogP contribution in [0.3, 0.4) is 0 Å². The quantitative estimate of drug-likeness (QED) is 0.343. The molecule has 1 aliphatic carbocycles. The van der Waals surface area contributed by atoms with Gasteiger partial charge in [-0.15, -0.1) is 0 Å². The lowest BCUT2D eigenvalue weighted by Gasteiger charge is -2.31. The molecule has 7 nitrogen and oxygen atoms in total. The van der Waals surface area contributed by atoms with Crippen molar-refractivity contribution < 1.29 is 18.0 Å². The summed E-state index contributed by atoms with van der Waals surface area (Å²) in [4.78, 5) is 28.1. The first-order valence-corrected chi connectivity index (χ1v) is 15.6. The van der Waals surface area contributed by atoms with E-state index in [-0.39, 0.29) is 43.8 Å². The van der Waals surface area contributed by atoms with Crippen LogP contribution in [0.5, 0.6) is 0 Å². The van der Waals surface area contributed by atoms with E-state index in [0.717, 1.165) is 37.5 Å². The third-order valence-electron chi connectivity index (χ3n) is 6.85. The van der Waals surface area contributed by atoms with Crippen molar-refractivity contribution in [3.63, 3.8) is 0 Å². The molecular formula is C27H34Cl3N3O4S. The minimum absolute atomic E-state index is 0.0226. The third-order valence-corrected chi connectivity index (χ3v) is 8.97. The Kier molecular flexibility index (Phi) is 10.7. The minimum atomic E-state index is -3.63. The van der Waals surface area contributed by atoms with Crippen LogP contribution in [0.15, 0.2) is 36.4 Å². The Morgan fingerprint density at radius 3 is 2.32 bits per heavy atom. The number of hydrogen-bond acceptors (Lipinski definition) is 4. The summed E-state index contributed by atoms with van der Waals surface area (Å²) in [5.74, 6) is -0.535. The van der Waals surface area contributed by atoms with E-state index in [2.05, 4.69) is 5.32 Å². The van der Waals surface area contributed by atoms with E-state index < -0.39 is 16.1 Å². The number of carbonyl (C=O) groups excluding carboxylic acids is 2. The molecule has 0 bridgehead atoms. The zero-order valence-corrected chi connectivity index (χ0v) is 24.9. The van der Waals surface area contributed by atoms with Gasteiger partial charge in [0.1, 0.15) is 6.04 Å². The third kappa shape index (κ3) is 8.01. The number of amides is 2. The highest BCUT2D eigenvalue weighted by molar-refractivity contribution is 7.92. The summed E-state index contributed by atoms with van der Waals surface area (Å²) in [6, 6.07) is 9.47. The number of hydrogen-bond donors (Lipinski definition) is 1. The number of sulfonamides is 1. The molecule has 2 aromatic carbocycles. The topological polar surface area (TPSA) is 86.8 Å². The van der Waals surface area contributed by atoms with Crippen LogP contribution in [0.4, 0.5) is 5.69 Å². The normalized spacial score (nSPS) is 14.8. The van der Waals surface area contributed by atoms with Gasteiger partial charge in [0.2, 0.25) is 21.8 Å². The van der Waals surface area contributed by atoms with Crippen molar-refractivity contribution in [3.05, 3.63) is 62.6 Å². The van der Waals surface area contributed by atoms with Gasteiger partial charge in [-0.3, -0.25) is 13.9 Å². The summed E-state index contributed by atoms with van der Waals surface area (Å²) in [6.45, 7) is 3.62. The zero-order chi connectivity index (χ0) is 28.0. The van der Waals surface area contributed by atoms with Gasteiger partial charge in [0.15, 0.2) is 0 Å². The Morgan fingerprint density at radius 2 is 1.71 bits per heavy atom. The molecule has 0 unspecified atom stereocenters. The Labute approximate surface area is 240 Å². The number of nitrogens with one attached hydrogen (secondary N) is 1. The highest BCUT2D eigenvalue weighted by Gasteiger charge is 2.30. The molecule has 1 fully saturated rings. The van der Waals surface area contributed by atoms with Crippen molar-refractivity contribution in [2.45, 2.75) is 71.0 Å². The molecule has 0 aromatic heterocycles. The maximum atomic E-state index is 13.5. The molecule has 0 spiro atoms. The van der Waals surface area contributed by atoms with Crippen molar-refractivity contribution in [1.82, 2.24) is 10.2 Å². The molecule has 0 aliphatic heterocycles. The molecule has 208 valence electrons. The van der Waals surface area contributed by atoms with E-state index in [1.54, 1.807) is 50.2 Å². The van der Waals surface area contributed by atoms with Gasteiger partial charge in [-0.25, -0.2) is 8.42 Å². The standard InChI is InChI=1S/C27H34Cl3N3O4S/c1-18-13-14-20(28)16-25(18)33(38(3,36)37)15-7-12-26(34)32(17-22-23(29)10-6-11-24(22)30)19(2)27(35)31-21-8-4-5-9-21/h6,10-11,13-14,16,19,21H,4-5,7-9,12,15,17H2,1-3H3,(H,31,35)/t19-/m1/s1. The van der Waals surface area contributed by atoms with E-state index in [1.807, 2.05) is 0 Å². The highest BCUT2D eigenvalue weighted by atomic mass is 35.5. The van der Waals surface area contributed by atoms with E-state index >= 15 is 0 Å². The lowest BCUT2D eigenvalue weighted by molar-refractivity contribution is -0.140. The van der Waals surface area contributed by atoms with Gasteiger partial charge in [0.25, 0.3) is 0 Å². The second-order valence-electron chi connectivity index (χ2n) is 9.76. The molecule has 0 heterocycles. The van der Waals surface area contributed by atoms with Gasteiger partial charge < -0.3 is 10.2 Å². The van der Waals surface area contributed by atoms with E-state index in [4.69, 9.17) is 34.8 Å². The van der Waals surface area contributed by atoms with Gasteiger partial charge >= 0.3 is 0 Å². The fourth-order valence-corrected chi connectivity index (χ4v) is 6.36. The fraction of sp³-hybridized carbons (Fsp3) is 0.481. The average molecular weight is 603 g/mol. The molecule has 1 N–H and O–H groups in total. The number of halogens is 3. The lowest BCUT2D eigenvalue weighted by atomic mass is 10.1. The van der Waals surface area contributed by atoms with E-state index in [0.29, 0.717) is 26.3 Å². The molecular weight excluding hydrogens is 569 g/mol. The second kappa shape index (κ2) is 13.4. The van der Waals surface area contributed by atoms with Crippen molar-refractivity contribution in [2.75, 3.05) is 17.1 Å². The molecule has 3 rings (SSSR count). The second-order valence-corrected chi connectivity index (χ2v) is 12.9. The summed E-state index contributed by atoms with van der Waals surface area (Å²) in [5.41, 5.74) is 1.77. The van der Waals surface area contributed by atoms with Gasteiger partial charge in [-0.2, -0.15) is 0 Å². The van der Waals surface area contributed by atoms with Crippen molar-refractivity contribution in [3.8, 4) is 0 Å².